The predicted molar refractivity (Wildman–Crippen MR) is 49.5 cm³/mol. The van der Waals surface area contributed by atoms with E-state index in [0.29, 0.717) is 3.42 Å². The van der Waals surface area contributed by atoms with Gasteiger partial charge in [0.1, 0.15) is 0 Å². The Bertz CT molecular complexity index is 78.1. The SMILES string of the molecule is CC1(I)CCC1I. The molecule has 0 N–H and O–H groups in total. The van der Waals surface area contributed by atoms with Gasteiger partial charge in [0.15, 0.2) is 0 Å². The van der Waals surface area contributed by atoms with Gasteiger partial charge in [0.2, 0.25) is 0 Å². The molecule has 1 aliphatic carbocycles. The minimum atomic E-state index is 0.637. The maximum Gasteiger partial charge on any atom is 0.0312 e. The number of hydrogen-bond acceptors (Lipinski definition) is 0. The number of rotatable bonds is 0. The lowest BCUT2D eigenvalue weighted by Gasteiger charge is -2.38. The molecule has 0 saturated heterocycles. The quantitative estimate of drug-likeness (QED) is 0.475. The third-order valence-electron chi connectivity index (χ3n) is 1.54. The Balaban J connectivity index is 2.43. The minimum Gasteiger partial charge on any atom is -0.0812 e. The fourth-order valence-electron chi connectivity index (χ4n) is 0.651. The highest BCUT2D eigenvalue weighted by atomic mass is 127. The molecule has 0 amide bonds. The van der Waals surface area contributed by atoms with Gasteiger partial charge in [-0.3, -0.25) is 0 Å². The zero-order valence-corrected chi connectivity index (χ0v) is 8.56. The molecule has 0 aromatic rings. The molecule has 2 heteroatoms. The molecule has 0 aliphatic heterocycles. The van der Waals surface area contributed by atoms with Crippen molar-refractivity contribution in [2.45, 2.75) is 27.1 Å². The Kier molecular flexibility index (Phi) is 1.88. The topological polar surface area (TPSA) is 0 Å². The first-order valence-corrected chi connectivity index (χ1v) is 4.78. The van der Waals surface area contributed by atoms with E-state index in [9.17, 15) is 0 Å². The molecule has 0 nitrogen and oxygen atoms in total. The van der Waals surface area contributed by atoms with Crippen LogP contribution in [0.4, 0.5) is 0 Å². The van der Waals surface area contributed by atoms with Crippen molar-refractivity contribution in [3.05, 3.63) is 0 Å². The first-order valence-electron chi connectivity index (χ1n) is 2.46. The molecule has 0 heterocycles. The van der Waals surface area contributed by atoms with Gasteiger partial charge in [-0.25, -0.2) is 0 Å². The molecule has 1 saturated carbocycles. The van der Waals surface area contributed by atoms with Gasteiger partial charge in [-0.1, -0.05) is 45.2 Å². The van der Waals surface area contributed by atoms with E-state index in [2.05, 4.69) is 52.1 Å². The van der Waals surface area contributed by atoms with E-state index >= 15 is 0 Å². The summed E-state index contributed by atoms with van der Waals surface area (Å²) >= 11 is 5.07. The highest BCUT2D eigenvalue weighted by molar-refractivity contribution is 14.1. The molecule has 0 spiro atoms. The van der Waals surface area contributed by atoms with Crippen LogP contribution in [0.2, 0.25) is 0 Å². The van der Waals surface area contributed by atoms with Crippen LogP contribution in [0.1, 0.15) is 19.8 Å². The van der Waals surface area contributed by atoms with E-state index in [1.807, 2.05) is 0 Å². The van der Waals surface area contributed by atoms with Crippen molar-refractivity contribution in [2.75, 3.05) is 0 Å². The van der Waals surface area contributed by atoms with Crippen molar-refractivity contribution in [1.29, 1.82) is 0 Å². The van der Waals surface area contributed by atoms with Crippen LogP contribution in [0.15, 0.2) is 0 Å². The second-order valence-corrected chi connectivity index (χ2v) is 6.25. The van der Waals surface area contributed by atoms with Gasteiger partial charge in [0, 0.05) is 7.35 Å². The maximum absolute atomic E-state index is 2.55. The number of alkyl halides is 2. The lowest BCUT2D eigenvalue weighted by atomic mass is 9.87. The standard InChI is InChI=1S/C5H8I2/c1-5(7)3-2-4(5)6/h4H,2-3H2,1H3. The molecule has 0 bridgehead atoms. The molecule has 1 rings (SSSR count). The van der Waals surface area contributed by atoms with Crippen molar-refractivity contribution in [3.8, 4) is 0 Å². The Morgan fingerprint density at radius 3 is 2.14 bits per heavy atom. The average Bonchev–Trinajstić information content (AvgIpc) is 1.63. The van der Waals surface area contributed by atoms with Crippen LogP contribution in [0, 0.1) is 0 Å². The lowest BCUT2D eigenvalue weighted by molar-refractivity contribution is 0.447. The summed E-state index contributed by atoms with van der Waals surface area (Å²) in [6.45, 7) is 2.33. The van der Waals surface area contributed by atoms with E-state index in [-0.39, 0.29) is 0 Å². The van der Waals surface area contributed by atoms with E-state index in [0.717, 1.165) is 3.92 Å². The molecule has 1 aliphatic rings. The summed E-state index contributed by atoms with van der Waals surface area (Å²) in [7, 11) is 0. The van der Waals surface area contributed by atoms with Crippen LogP contribution in [0.3, 0.4) is 0 Å². The van der Waals surface area contributed by atoms with Gasteiger partial charge in [-0.05, 0) is 19.8 Å². The van der Waals surface area contributed by atoms with Gasteiger partial charge in [-0.2, -0.15) is 0 Å². The normalized spacial score (nSPS) is 51.0. The first-order chi connectivity index (χ1) is 3.13. The summed E-state index contributed by atoms with van der Waals surface area (Å²) in [5.74, 6) is 0. The molecule has 0 aromatic carbocycles. The van der Waals surface area contributed by atoms with Crippen LogP contribution < -0.4 is 0 Å². The zero-order valence-electron chi connectivity index (χ0n) is 4.25. The van der Waals surface area contributed by atoms with Gasteiger partial charge < -0.3 is 0 Å². The maximum atomic E-state index is 2.55. The number of halogens is 2. The second kappa shape index (κ2) is 2.01. The molecule has 7 heavy (non-hydrogen) atoms. The monoisotopic (exact) mass is 322 g/mol. The van der Waals surface area contributed by atoms with Crippen LogP contribution >= 0.6 is 45.2 Å². The van der Waals surface area contributed by atoms with E-state index in [4.69, 9.17) is 0 Å². The Morgan fingerprint density at radius 2 is 2.14 bits per heavy atom. The highest BCUT2D eigenvalue weighted by Crippen LogP contribution is 2.45. The smallest absolute Gasteiger partial charge is 0.0312 e. The van der Waals surface area contributed by atoms with E-state index < -0.39 is 0 Å². The average molecular weight is 322 g/mol. The largest absolute Gasteiger partial charge is 0.0812 e. The van der Waals surface area contributed by atoms with E-state index in [1.165, 1.54) is 12.8 Å². The van der Waals surface area contributed by atoms with Crippen molar-refractivity contribution >= 4 is 45.2 Å². The summed E-state index contributed by atoms with van der Waals surface area (Å²) < 4.78 is 1.57. The molecule has 0 radical (unpaired) electrons. The van der Waals surface area contributed by atoms with Gasteiger partial charge in [-0.15, -0.1) is 0 Å². The molecule has 0 aromatic heterocycles. The Morgan fingerprint density at radius 1 is 1.71 bits per heavy atom. The third kappa shape index (κ3) is 1.23. The Hall–Kier alpha value is 1.46. The first kappa shape index (κ1) is 6.58. The van der Waals surface area contributed by atoms with Gasteiger partial charge in [0.25, 0.3) is 0 Å². The highest BCUT2D eigenvalue weighted by Gasteiger charge is 2.37. The molecule has 2 atom stereocenters. The summed E-state index contributed by atoms with van der Waals surface area (Å²) in [4.78, 5) is 0. The van der Waals surface area contributed by atoms with Crippen LogP contribution in [0.25, 0.3) is 0 Å². The van der Waals surface area contributed by atoms with Crippen molar-refractivity contribution in [3.63, 3.8) is 0 Å². The lowest BCUT2D eigenvalue weighted by Crippen LogP contribution is -2.38. The zero-order chi connectivity index (χ0) is 5.49. The molecule has 42 valence electrons. The van der Waals surface area contributed by atoms with Crippen LogP contribution in [-0.4, -0.2) is 7.35 Å². The fraction of sp³-hybridized carbons (Fsp3) is 1.00. The van der Waals surface area contributed by atoms with E-state index in [1.54, 1.807) is 0 Å². The van der Waals surface area contributed by atoms with Crippen molar-refractivity contribution in [1.82, 2.24) is 0 Å². The molecule has 2 unspecified atom stereocenters. The summed E-state index contributed by atoms with van der Waals surface area (Å²) in [5, 5.41) is 0. The van der Waals surface area contributed by atoms with Crippen LogP contribution in [0.5, 0.6) is 0 Å². The van der Waals surface area contributed by atoms with Crippen molar-refractivity contribution < 1.29 is 0 Å². The molecular weight excluding hydrogens is 314 g/mol. The van der Waals surface area contributed by atoms with Crippen LogP contribution in [-0.2, 0) is 0 Å². The predicted octanol–water partition coefficient (Wildman–Crippen LogP) is 2.78. The molecule has 1 fully saturated rings. The summed E-state index contributed by atoms with van der Waals surface area (Å²) in [6, 6.07) is 0. The summed E-state index contributed by atoms with van der Waals surface area (Å²) in [6.07, 6.45) is 2.85. The minimum absolute atomic E-state index is 0.637. The number of hydrogen-bond donors (Lipinski definition) is 0. The molecular formula is C5H8I2. The van der Waals surface area contributed by atoms with Gasteiger partial charge in [0.05, 0.1) is 0 Å². The van der Waals surface area contributed by atoms with Gasteiger partial charge >= 0.3 is 0 Å². The summed E-state index contributed by atoms with van der Waals surface area (Å²) in [5.41, 5.74) is 0. The van der Waals surface area contributed by atoms with Crippen molar-refractivity contribution in [2.24, 2.45) is 0 Å². The Labute approximate surface area is 71.7 Å². The second-order valence-electron chi connectivity index (χ2n) is 2.28. The third-order valence-corrected chi connectivity index (χ3v) is 6.02. The fourth-order valence-corrected chi connectivity index (χ4v) is 1.90.